The van der Waals surface area contributed by atoms with Crippen LogP contribution >= 0.6 is 15.9 Å². The fourth-order valence-corrected chi connectivity index (χ4v) is 2.04. The normalized spacial score (nSPS) is 8.87. The second-order valence-corrected chi connectivity index (χ2v) is 7.50. The van der Waals surface area contributed by atoms with Gasteiger partial charge in [-0.3, -0.25) is 0 Å². The molecule has 0 saturated carbocycles. The molecule has 0 atom stereocenters. The summed E-state index contributed by atoms with van der Waals surface area (Å²) in [5, 5.41) is 8.52. The molecule has 0 aliphatic carbocycles. The van der Waals surface area contributed by atoms with Crippen molar-refractivity contribution in [3.63, 3.8) is 0 Å². The van der Waals surface area contributed by atoms with E-state index in [4.69, 9.17) is 5.11 Å². The summed E-state index contributed by atoms with van der Waals surface area (Å²) in [6.07, 6.45) is 4.31. The van der Waals surface area contributed by atoms with Crippen LogP contribution in [0.2, 0.25) is 0 Å². The molecule has 0 aromatic heterocycles. The molecule has 0 fully saturated rings. The van der Waals surface area contributed by atoms with Crippen molar-refractivity contribution in [1.29, 1.82) is 0 Å². The zero-order chi connectivity index (χ0) is 17.7. The van der Waals surface area contributed by atoms with E-state index < -0.39 is 5.97 Å². The van der Waals surface area contributed by atoms with Crippen LogP contribution in [0.25, 0.3) is 6.08 Å². The largest absolute Gasteiger partial charge is 0.478 e. The third-order valence-electron chi connectivity index (χ3n) is 2.76. The van der Waals surface area contributed by atoms with Gasteiger partial charge in [-0.05, 0) is 17.7 Å². The Labute approximate surface area is 160 Å². The monoisotopic (exact) mass is 482 g/mol. The number of carboxylic acid groups (broad SMARTS) is 1. The van der Waals surface area contributed by atoms with E-state index >= 15 is 0 Å². The van der Waals surface area contributed by atoms with Crippen molar-refractivity contribution in [2.75, 3.05) is 0 Å². The molecule has 0 aliphatic heterocycles. The summed E-state index contributed by atoms with van der Waals surface area (Å²) >= 11 is 4.57. The van der Waals surface area contributed by atoms with E-state index in [2.05, 4.69) is 60.6 Å². The second kappa shape index (κ2) is 13.4. The Bertz CT molecular complexity index is 554. The molecule has 0 unspecified atom stereocenters. The number of halogens is 1. The zero-order valence-electron chi connectivity index (χ0n) is 13.6. The van der Waals surface area contributed by atoms with Crippen LogP contribution in [-0.4, -0.2) is 33.6 Å². The van der Waals surface area contributed by atoms with Gasteiger partial charge in [0.15, 0.2) is 0 Å². The second-order valence-electron chi connectivity index (χ2n) is 4.68. The molecule has 0 saturated heterocycles. The summed E-state index contributed by atoms with van der Waals surface area (Å²) in [5.74, 6) is -0.902. The number of rotatable bonds is 3. The Morgan fingerprint density at radius 1 is 1.09 bits per heavy atom. The van der Waals surface area contributed by atoms with Crippen LogP contribution in [0.15, 0.2) is 59.6 Å². The molecule has 2 radical (unpaired) electrons. The molecule has 0 amide bonds. The molecule has 0 bridgehead atoms. The van der Waals surface area contributed by atoms with Crippen molar-refractivity contribution < 1.29 is 9.90 Å². The Balaban J connectivity index is 0.000000354. The van der Waals surface area contributed by atoms with Gasteiger partial charge >= 0.3 is 76.7 Å². The van der Waals surface area contributed by atoms with Gasteiger partial charge in [0.25, 0.3) is 0 Å². The predicted octanol–water partition coefficient (Wildman–Crippen LogP) is 4.81. The maximum Gasteiger partial charge on any atom is 0.335 e. The molecular formula is C19H23BrO2Sn. The average molecular weight is 482 g/mol. The first kappa shape index (κ1) is 21.9. The maximum absolute atomic E-state index is 10.4. The van der Waals surface area contributed by atoms with Crippen LogP contribution in [0.3, 0.4) is 0 Å². The minimum atomic E-state index is -0.902. The quantitative estimate of drug-likeness (QED) is 0.639. The van der Waals surface area contributed by atoms with Gasteiger partial charge in [0.1, 0.15) is 0 Å². The van der Waals surface area contributed by atoms with Gasteiger partial charge in [-0.1, -0.05) is 51.5 Å². The molecule has 2 rings (SSSR count). The topological polar surface area (TPSA) is 37.3 Å². The summed E-state index contributed by atoms with van der Waals surface area (Å²) in [5.41, 5.74) is 1.23. The van der Waals surface area contributed by atoms with Crippen LogP contribution in [0.1, 0.15) is 42.6 Å². The molecule has 0 heterocycles. The molecule has 2 nitrogen and oxygen atoms in total. The first-order valence-corrected chi connectivity index (χ1v) is 9.85. The Morgan fingerprint density at radius 3 is 1.87 bits per heavy atom. The number of unbranched alkanes of at least 4 members (excludes halogenated alkanes) is 1. The molecule has 0 aliphatic rings. The number of carbonyl (C=O) groups is 1. The van der Waals surface area contributed by atoms with Gasteiger partial charge < -0.3 is 5.11 Å². The van der Waals surface area contributed by atoms with E-state index in [0.29, 0.717) is 5.56 Å². The summed E-state index contributed by atoms with van der Waals surface area (Å²) in [6.45, 7) is 7.92. The fraction of sp³-hybridized carbons (Fsp3) is 0.211. The van der Waals surface area contributed by atoms with Gasteiger partial charge in [-0.2, -0.15) is 0 Å². The minimum absolute atomic E-state index is 0.301. The summed E-state index contributed by atoms with van der Waals surface area (Å²) in [6, 6.07) is 14.9. The maximum atomic E-state index is 10.4. The Hall–Kier alpha value is -1.07. The minimum Gasteiger partial charge on any atom is -0.478 e. The van der Waals surface area contributed by atoms with Crippen molar-refractivity contribution in [1.82, 2.24) is 0 Å². The first-order valence-electron chi connectivity index (χ1n) is 7.41. The molecule has 4 heteroatoms. The van der Waals surface area contributed by atoms with Crippen molar-refractivity contribution in [3.8, 4) is 0 Å². The predicted molar refractivity (Wildman–Crippen MR) is 105 cm³/mol. The fourth-order valence-electron chi connectivity index (χ4n) is 1.22. The van der Waals surface area contributed by atoms with E-state index in [-0.39, 0.29) is 0 Å². The van der Waals surface area contributed by atoms with Crippen molar-refractivity contribution in [3.05, 3.63) is 70.7 Å². The zero-order valence-corrected chi connectivity index (χ0v) is 18.5. The average Bonchev–Trinajstić information content (AvgIpc) is 2.58. The third-order valence-corrected chi connectivity index (χ3v) is 4.39. The van der Waals surface area contributed by atoms with Crippen LogP contribution in [0.5, 0.6) is 0 Å². The van der Waals surface area contributed by atoms with Crippen molar-refractivity contribution in [2.45, 2.75) is 26.7 Å². The van der Waals surface area contributed by atoms with E-state index in [1.54, 1.807) is 30.3 Å². The van der Waals surface area contributed by atoms with Gasteiger partial charge in [-0.15, -0.1) is 0 Å². The van der Waals surface area contributed by atoms with Gasteiger partial charge in [-0.25, -0.2) is 4.79 Å². The summed E-state index contributed by atoms with van der Waals surface area (Å²) in [4.78, 5) is 10.4. The van der Waals surface area contributed by atoms with E-state index in [1.165, 1.54) is 38.9 Å². The summed E-state index contributed by atoms with van der Waals surface area (Å²) < 4.78 is 2.59. The molecule has 122 valence electrons. The molecule has 0 spiro atoms. The molecule has 2 aromatic rings. The molecule has 23 heavy (non-hydrogen) atoms. The standard InChI is InChI=1S/C9H8O2.C6H4Br.C4H10.Sn.H/c1-2-7-3-5-8(6-4-7)9(10)11;7-6-4-2-1-3-5-6;1-3-4-2;;/h2-6H,1H2,(H,10,11);2-5H;3-4H2,1-2H3;;. The number of carboxylic acids is 1. The van der Waals surface area contributed by atoms with Crippen molar-refractivity contribution >= 4 is 54.1 Å². The molecule has 1 N–H and O–H groups in total. The van der Waals surface area contributed by atoms with Crippen LogP contribution in [0.4, 0.5) is 0 Å². The summed E-state index contributed by atoms with van der Waals surface area (Å²) in [7, 11) is 0. The molecular weight excluding hydrogens is 459 g/mol. The Kier molecular flexibility index (Phi) is 12.8. The SMILES string of the molecule is Brc1cc[c]([SnH])cc1.C=Cc1ccc(C(=O)O)cc1.CCCC. The van der Waals surface area contributed by atoms with Crippen molar-refractivity contribution in [2.24, 2.45) is 0 Å². The first-order chi connectivity index (χ1) is 10.9. The van der Waals surface area contributed by atoms with Crippen LogP contribution in [0, 0.1) is 0 Å². The molecule has 2 aromatic carbocycles. The smallest absolute Gasteiger partial charge is 0.335 e. The van der Waals surface area contributed by atoms with Gasteiger partial charge in [0, 0.05) is 0 Å². The van der Waals surface area contributed by atoms with Crippen LogP contribution in [-0.2, 0) is 0 Å². The number of hydrogen-bond acceptors (Lipinski definition) is 1. The number of benzene rings is 2. The number of hydrogen-bond donors (Lipinski definition) is 1. The van der Waals surface area contributed by atoms with Gasteiger partial charge in [0.05, 0.1) is 5.56 Å². The van der Waals surface area contributed by atoms with E-state index in [1.807, 2.05) is 0 Å². The van der Waals surface area contributed by atoms with Crippen LogP contribution < -0.4 is 3.58 Å². The van der Waals surface area contributed by atoms with Gasteiger partial charge in [0.2, 0.25) is 0 Å². The number of aromatic carboxylic acids is 1. The van der Waals surface area contributed by atoms with E-state index in [9.17, 15) is 4.79 Å². The third kappa shape index (κ3) is 11.2. The van der Waals surface area contributed by atoms with E-state index in [0.717, 1.165) is 10.0 Å². The Morgan fingerprint density at radius 2 is 1.57 bits per heavy atom.